The first-order valence-corrected chi connectivity index (χ1v) is 21.4. The van der Waals surface area contributed by atoms with Gasteiger partial charge >= 0.3 is 0 Å². The molecule has 0 saturated carbocycles. The van der Waals surface area contributed by atoms with Gasteiger partial charge in [-0.05, 0) is 150 Å². The van der Waals surface area contributed by atoms with Crippen molar-refractivity contribution in [3.05, 3.63) is 241 Å². The van der Waals surface area contributed by atoms with E-state index in [1.54, 1.807) is 0 Å². The van der Waals surface area contributed by atoms with Gasteiger partial charge in [-0.25, -0.2) is 0 Å². The Hall–Kier alpha value is -7.80. The van der Waals surface area contributed by atoms with Crippen LogP contribution in [0.25, 0.3) is 109 Å². The molecule has 0 heterocycles. The van der Waals surface area contributed by atoms with E-state index in [1.165, 1.54) is 131 Å². The van der Waals surface area contributed by atoms with Crippen LogP contribution in [0, 0.1) is 0 Å². The van der Waals surface area contributed by atoms with E-state index in [0.717, 1.165) is 0 Å². The molecule has 12 aromatic carbocycles. The lowest BCUT2D eigenvalue weighted by Crippen LogP contribution is -2.26. The summed E-state index contributed by atoms with van der Waals surface area (Å²) in [7, 11) is 0. The van der Waals surface area contributed by atoms with Crippen LogP contribution in [-0.2, 0) is 5.41 Å². The summed E-state index contributed by atoms with van der Waals surface area (Å²) < 4.78 is 0. The summed E-state index contributed by atoms with van der Waals surface area (Å²) >= 11 is 0. The van der Waals surface area contributed by atoms with E-state index >= 15 is 0 Å². The normalized spacial score (nSPS) is 15.0. The van der Waals surface area contributed by atoms with Gasteiger partial charge in [-0.3, -0.25) is 0 Å². The van der Waals surface area contributed by atoms with Crippen molar-refractivity contribution < 1.29 is 0 Å². The Labute approximate surface area is 353 Å². The van der Waals surface area contributed by atoms with Crippen LogP contribution in [0.3, 0.4) is 0 Å². The lowest BCUT2D eigenvalue weighted by molar-refractivity contribution is 0.802. The Bertz CT molecular complexity index is 3820. The molecule has 0 amide bonds. The van der Waals surface area contributed by atoms with Crippen molar-refractivity contribution in [2.45, 2.75) is 5.41 Å². The van der Waals surface area contributed by atoms with Gasteiger partial charge in [-0.2, -0.15) is 0 Å². The van der Waals surface area contributed by atoms with Gasteiger partial charge in [0.25, 0.3) is 0 Å². The fraction of sp³-hybridized carbons (Fsp3) is 0.0164. The molecular formula is C61H36. The van der Waals surface area contributed by atoms with E-state index in [-0.39, 0.29) is 0 Å². The predicted octanol–water partition coefficient (Wildman–Crippen LogP) is 16.3. The molecule has 14 rings (SSSR count). The molecule has 0 nitrogen and oxygen atoms in total. The zero-order chi connectivity index (χ0) is 39.8. The molecule has 1 spiro atoms. The van der Waals surface area contributed by atoms with Crippen LogP contribution in [0.5, 0.6) is 0 Å². The average Bonchev–Trinajstić information content (AvgIpc) is 3.80. The lowest BCUT2D eigenvalue weighted by atomic mass is 9.68. The Morgan fingerprint density at radius 1 is 0.246 bits per heavy atom. The molecule has 0 heteroatoms. The maximum absolute atomic E-state index is 2.56. The first-order valence-electron chi connectivity index (χ1n) is 21.4. The van der Waals surface area contributed by atoms with Crippen molar-refractivity contribution in [2.75, 3.05) is 0 Å². The van der Waals surface area contributed by atoms with Gasteiger partial charge in [0, 0.05) is 0 Å². The molecule has 280 valence electrons. The number of hydrogen-bond acceptors (Lipinski definition) is 0. The van der Waals surface area contributed by atoms with Crippen LogP contribution in [0.15, 0.2) is 218 Å². The summed E-state index contributed by atoms with van der Waals surface area (Å²) in [6.07, 6.45) is 0. The first-order chi connectivity index (χ1) is 30.3. The lowest BCUT2D eigenvalue weighted by Gasteiger charge is -2.32. The van der Waals surface area contributed by atoms with Crippen LogP contribution < -0.4 is 0 Å². The third-order valence-corrected chi connectivity index (χ3v) is 14.2. The third kappa shape index (κ3) is 4.24. The topological polar surface area (TPSA) is 0 Å². The molecule has 0 radical (unpaired) electrons. The Morgan fingerprint density at radius 2 is 0.770 bits per heavy atom. The highest BCUT2D eigenvalue weighted by molar-refractivity contribution is 6.30. The molecule has 2 aliphatic carbocycles. The van der Waals surface area contributed by atoms with Crippen molar-refractivity contribution in [1.82, 2.24) is 0 Å². The summed E-state index contributed by atoms with van der Waals surface area (Å²) in [5.74, 6) is 0. The second-order valence-electron chi connectivity index (χ2n) is 17.0. The molecule has 2 aliphatic rings. The molecule has 61 heavy (non-hydrogen) atoms. The van der Waals surface area contributed by atoms with Gasteiger partial charge in [0.15, 0.2) is 0 Å². The van der Waals surface area contributed by atoms with E-state index in [0.29, 0.717) is 0 Å². The van der Waals surface area contributed by atoms with Crippen LogP contribution in [0.4, 0.5) is 0 Å². The number of benzene rings is 12. The average molecular weight is 769 g/mol. The highest BCUT2D eigenvalue weighted by Gasteiger charge is 2.53. The number of hydrogen-bond donors (Lipinski definition) is 0. The smallest absolute Gasteiger partial charge is 0.0619 e. The van der Waals surface area contributed by atoms with Gasteiger partial charge in [-0.1, -0.05) is 200 Å². The molecule has 1 atom stereocenters. The second-order valence-corrected chi connectivity index (χ2v) is 17.0. The number of rotatable bonds is 2. The summed E-state index contributed by atoms with van der Waals surface area (Å²) in [5, 5.41) is 15.4. The van der Waals surface area contributed by atoms with Crippen molar-refractivity contribution in [3.8, 4) is 44.5 Å². The van der Waals surface area contributed by atoms with E-state index in [1.807, 2.05) is 0 Å². The van der Waals surface area contributed by atoms with Crippen LogP contribution in [-0.4, -0.2) is 0 Å². The number of fused-ring (bicyclic) bond motifs is 20. The SMILES string of the molecule is c1ccc2c(c1)-c1ccc(-c3cccc4ccccc34)cc1C21c2ccccc2-c2c1c1c3ccccc3c(-c3c4ccccc4cc4ccccc34)cc1c1ccccc21. The zero-order valence-electron chi connectivity index (χ0n) is 33.3. The van der Waals surface area contributed by atoms with Gasteiger partial charge in [-0.15, -0.1) is 0 Å². The Kier molecular flexibility index (Phi) is 6.58. The highest BCUT2D eigenvalue weighted by Crippen LogP contribution is 2.66. The Morgan fingerprint density at radius 3 is 1.52 bits per heavy atom. The standard InChI is InChI=1S/C61H36/c1-4-20-41-37(16-1)19-15-29-42(41)40-32-33-48-47-25-11-13-30-54(47)61(56(48)35-40)55-31-14-12-28-51(55)58-49-26-9-8-24-46(49)53-36-52(45-23-7-10-27-50(45)59(53)60(58)61)57-43-21-5-2-17-38(43)34-39-18-3-6-22-44(39)57/h1-36H. The van der Waals surface area contributed by atoms with Crippen LogP contribution in [0.2, 0.25) is 0 Å². The van der Waals surface area contributed by atoms with Crippen molar-refractivity contribution in [3.63, 3.8) is 0 Å². The van der Waals surface area contributed by atoms with Crippen molar-refractivity contribution in [2.24, 2.45) is 0 Å². The predicted molar refractivity (Wildman–Crippen MR) is 259 cm³/mol. The largest absolute Gasteiger partial charge is 0.0732 e. The second kappa shape index (κ2) is 12.1. The van der Waals surface area contributed by atoms with E-state index in [4.69, 9.17) is 0 Å². The molecule has 0 aromatic heterocycles. The van der Waals surface area contributed by atoms with Gasteiger partial charge in [0.05, 0.1) is 5.41 Å². The first kappa shape index (κ1) is 33.1. The fourth-order valence-electron chi connectivity index (χ4n) is 11.9. The minimum Gasteiger partial charge on any atom is -0.0619 e. The monoisotopic (exact) mass is 768 g/mol. The van der Waals surface area contributed by atoms with E-state index < -0.39 is 5.41 Å². The van der Waals surface area contributed by atoms with Crippen molar-refractivity contribution in [1.29, 1.82) is 0 Å². The van der Waals surface area contributed by atoms with E-state index in [9.17, 15) is 0 Å². The molecule has 12 aromatic rings. The molecule has 0 saturated heterocycles. The van der Waals surface area contributed by atoms with Crippen molar-refractivity contribution >= 4 is 64.6 Å². The maximum atomic E-state index is 2.56. The van der Waals surface area contributed by atoms with Gasteiger partial charge in [0.2, 0.25) is 0 Å². The molecular weight excluding hydrogens is 733 g/mol. The minimum atomic E-state index is -0.558. The van der Waals surface area contributed by atoms with Gasteiger partial charge in [0.1, 0.15) is 0 Å². The summed E-state index contributed by atoms with van der Waals surface area (Å²) in [6.45, 7) is 0. The molecule has 0 fully saturated rings. The summed E-state index contributed by atoms with van der Waals surface area (Å²) in [4.78, 5) is 0. The Balaban J connectivity index is 1.20. The van der Waals surface area contributed by atoms with Crippen LogP contribution >= 0.6 is 0 Å². The quantitative estimate of drug-likeness (QED) is 0.121. The van der Waals surface area contributed by atoms with E-state index in [2.05, 4.69) is 218 Å². The third-order valence-electron chi connectivity index (χ3n) is 14.2. The summed E-state index contributed by atoms with van der Waals surface area (Å²) in [6, 6.07) is 82.6. The summed E-state index contributed by atoms with van der Waals surface area (Å²) in [5.41, 5.74) is 15.3. The molecule has 0 bridgehead atoms. The van der Waals surface area contributed by atoms with Crippen LogP contribution in [0.1, 0.15) is 22.3 Å². The molecule has 1 unspecified atom stereocenters. The highest BCUT2D eigenvalue weighted by atomic mass is 14.5. The minimum absolute atomic E-state index is 0.558. The molecule has 0 aliphatic heterocycles. The molecule has 0 N–H and O–H groups in total. The zero-order valence-corrected chi connectivity index (χ0v) is 33.3. The fourth-order valence-corrected chi connectivity index (χ4v) is 11.9. The van der Waals surface area contributed by atoms with Gasteiger partial charge < -0.3 is 0 Å². The maximum Gasteiger partial charge on any atom is 0.0732 e.